The van der Waals surface area contributed by atoms with Crippen LogP contribution in [0.25, 0.3) is 0 Å². The molecule has 2 bridgehead atoms. The summed E-state index contributed by atoms with van der Waals surface area (Å²) in [4.78, 5) is 0. The summed E-state index contributed by atoms with van der Waals surface area (Å²) in [5, 5.41) is 19.2. The van der Waals surface area contributed by atoms with E-state index >= 15 is 0 Å². The van der Waals surface area contributed by atoms with Gasteiger partial charge in [0.25, 0.3) is 0 Å². The second-order valence-electron chi connectivity index (χ2n) is 6.93. The molecular formula is C16H24ClN3O3. The fraction of sp³-hybridized carbons (Fsp3) is 0.812. The Labute approximate surface area is 141 Å². The van der Waals surface area contributed by atoms with Crippen molar-refractivity contribution in [3.8, 4) is 0 Å². The van der Waals surface area contributed by atoms with E-state index in [2.05, 4.69) is 10.4 Å². The van der Waals surface area contributed by atoms with E-state index in [0.29, 0.717) is 17.5 Å². The van der Waals surface area contributed by atoms with Gasteiger partial charge < -0.3 is 19.9 Å². The first kappa shape index (κ1) is 15.8. The number of fused-ring (bicyclic) bond motifs is 2. The summed E-state index contributed by atoms with van der Waals surface area (Å²) >= 11 is 5.97. The van der Waals surface area contributed by atoms with E-state index in [1.54, 1.807) is 17.1 Å². The third-order valence-corrected chi connectivity index (χ3v) is 5.57. The van der Waals surface area contributed by atoms with Gasteiger partial charge in [0.2, 0.25) is 0 Å². The fourth-order valence-corrected chi connectivity index (χ4v) is 4.25. The molecule has 3 aliphatic rings. The molecule has 7 heteroatoms. The van der Waals surface area contributed by atoms with Crippen molar-refractivity contribution in [1.29, 1.82) is 0 Å². The van der Waals surface area contributed by atoms with Gasteiger partial charge in [0.05, 0.1) is 30.0 Å². The monoisotopic (exact) mass is 341 g/mol. The summed E-state index contributed by atoms with van der Waals surface area (Å²) in [7, 11) is 0. The number of halogens is 1. The number of nitrogens with zero attached hydrogens (tertiary/aromatic N) is 2. The van der Waals surface area contributed by atoms with Gasteiger partial charge in [-0.2, -0.15) is 5.10 Å². The maximum atomic E-state index is 10.9. The smallest absolute Gasteiger partial charge is 0.183 e. The van der Waals surface area contributed by atoms with Gasteiger partial charge in [0.15, 0.2) is 6.29 Å². The van der Waals surface area contributed by atoms with E-state index in [4.69, 9.17) is 21.1 Å². The second-order valence-corrected chi connectivity index (χ2v) is 7.37. The van der Waals surface area contributed by atoms with Crippen molar-refractivity contribution in [3.05, 3.63) is 17.4 Å². The number of ether oxygens (including phenoxy) is 2. The molecule has 0 aromatic carbocycles. The largest absolute Gasteiger partial charge is 0.389 e. The molecule has 2 saturated heterocycles. The van der Waals surface area contributed by atoms with E-state index in [0.717, 1.165) is 6.54 Å². The maximum Gasteiger partial charge on any atom is 0.183 e. The van der Waals surface area contributed by atoms with Crippen LogP contribution in [-0.4, -0.2) is 52.6 Å². The Morgan fingerprint density at radius 1 is 1.35 bits per heavy atom. The third-order valence-electron chi connectivity index (χ3n) is 5.37. The predicted octanol–water partition coefficient (Wildman–Crippen LogP) is 1.73. The molecule has 1 aromatic rings. The van der Waals surface area contributed by atoms with Crippen molar-refractivity contribution in [1.82, 2.24) is 15.1 Å². The zero-order valence-corrected chi connectivity index (χ0v) is 13.9. The SMILES string of the molecule is O[C@H]1[C@H](NCC2CCCCC2)[C@H]2CO[C@H](O2)[C@@H]1n1cc(Cl)cn1. The molecule has 4 rings (SSSR count). The lowest BCUT2D eigenvalue weighted by molar-refractivity contribution is -0.168. The van der Waals surface area contributed by atoms with Crippen LogP contribution in [0.15, 0.2) is 12.4 Å². The van der Waals surface area contributed by atoms with Gasteiger partial charge in [-0.25, -0.2) is 0 Å². The van der Waals surface area contributed by atoms with Gasteiger partial charge in [0.1, 0.15) is 12.1 Å². The number of aliphatic hydroxyl groups is 1. The number of aliphatic hydroxyl groups excluding tert-OH is 1. The van der Waals surface area contributed by atoms with Crippen molar-refractivity contribution in [2.45, 2.75) is 62.7 Å². The summed E-state index contributed by atoms with van der Waals surface area (Å²) in [6.45, 7) is 1.44. The minimum atomic E-state index is -0.610. The fourth-order valence-electron chi connectivity index (χ4n) is 4.11. The van der Waals surface area contributed by atoms with Gasteiger partial charge in [-0.3, -0.25) is 4.68 Å². The van der Waals surface area contributed by atoms with Crippen LogP contribution in [-0.2, 0) is 9.47 Å². The molecular weight excluding hydrogens is 318 g/mol. The Hall–Kier alpha value is -0.660. The van der Waals surface area contributed by atoms with Crippen LogP contribution >= 0.6 is 11.6 Å². The Bertz CT molecular complexity index is 534. The zero-order valence-electron chi connectivity index (χ0n) is 13.1. The molecule has 6 nitrogen and oxygen atoms in total. The van der Waals surface area contributed by atoms with Gasteiger partial charge in [-0.1, -0.05) is 30.9 Å². The number of nitrogens with one attached hydrogen (secondary N) is 1. The van der Waals surface area contributed by atoms with E-state index in [9.17, 15) is 5.11 Å². The molecule has 2 aliphatic heterocycles. The number of hydrogen-bond acceptors (Lipinski definition) is 5. The van der Waals surface area contributed by atoms with E-state index < -0.39 is 12.4 Å². The first-order valence-corrected chi connectivity index (χ1v) is 8.98. The van der Waals surface area contributed by atoms with Crippen molar-refractivity contribution in [3.63, 3.8) is 0 Å². The molecule has 128 valence electrons. The molecule has 3 fully saturated rings. The van der Waals surface area contributed by atoms with E-state index in [1.807, 2.05) is 0 Å². The Morgan fingerprint density at radius 2 is 2.17 bits per heavy atom. The average molecular weight is 342 g/mol. The first-order valence-electron chi connectivity index (χ1n) is 8.60. The number of rotatable bonds is 4. The van der Waals surface area contributed by atoms with E-state index in [-0.39, 0.29) is 18.2 Å². The Morgan fingerprint density at radius 3 is 2.91 bits per heavy atom. The molecule has 1 aromatic heterocycles. The lowest BCUT2D eigenvalue weighted by atomic mass is 9.88. The summed E-state index contributed by atoms with van der Waals surface area (Å²) in [6.07, 6.45) is 8.65. The number of hydrogen-bond donors (Lipinski definition) is 2. The van der Waals surface area contributed by atoms with Crippen LogP contribution in [0.2, 0.25) is 5.02 Å². The van der Waals surface area contributed by atoms with Gasteiger partial charge in [-0.05, 0) is 25.3 Å². The van der Waals surface area contributed by atoms with Crippen molar-refractivity contribution >= 4 is 11.6 Å². The van der Waals surface area contributed by atoms with Gasteiger partial charge >= 0.3 is 0 Å². The quantitative estimate of drug-likeness (QED) is 0.873. The van der Waals surface area contributed by atoms with Crippen molar-refractivity contribution < 1.29 is 14.6 Å². The average Bonchev–Trinajstić information content (AvgIpc) is 3.17. The molecule has 0 unspecified atom stereocenters. The summed E-state index contributed by atoms with van der Waals surface area (Å²) in [5.74, 6) is 0.702. The van der Waals surface area contributed by atoms with Crippen LogP contribution in [0.5, 0.6) is 0 Å². The highest BCUT2D eigenvalue weighted by Gasteiger charge is 2.51. The lowest BCUT2D eigenvalue weighted by Crippen LogP contribution is -2.58. The normalized spacial score (nSPS) is 38.1. The Kier molecular flexibility index (Phi) is 4.61. The van der Waals surface area contributed by atoms with Gasteiger partial charge in [0, 0.05) is 6.20 Å². The van der Waals surface area contributed by atoms with Crippen LogP contribution in [0.1, 0.15) is 38.1 Å². The molecule has 1 saturated carbocycles. The minimum absolute atomic E-state index is 0.0964. The first-order chi connectivity index (χ1) is 11.2. The summed E-state index contributed by atoms with van der Waals surface area (Å²) in [5.41, 5.74) is 0. The molecule has 23 heavy (non-hydrogen) atoms. The molecule has 2 N–H and O–H groups in total. The second kappa shape index (κ2) is 6.69. The summed E-state index contributed by atoms with van der Waals surface area (Å²) < 4.78 is 13.3. The highest BCUT2D eigenvalue weighted by molar-refractivity contribution is 6.30. The van der Waals surface area contributed by atoms with E-state index in [1.165, 1.54) is 32.1 Å². The molecule has 5 atom stereocenters. The van der Waals surface area contributed by atoms with Crippen LogP contribution in [0.3, 0.4) is 0 Å². The zero-order chi connectivity index (χ0) is 15.8. The predicted molar refractivity (Wildman–Crippen MR) is 85.3 cm³/mol. The molecule has 0 spiro atoms. The standard InChI is InChI=1S/C16H24ClN3O3/c17-11-7-19-20(8-11)14-15(21)13(12-9-22-16(14)23-12)18-6-10-4-2-1-3-5-10/h7-8,10,12-16,18,21H,1-6,9H2/t12-,13-,14-,15+,16-/m1/s1. The molecule has 3 heterocycles. The molecule has 0 radical (unpaired) electrons. The summed E-state index contributed by atoms with van der Waals surface area (Å²) in [6, 6.07) is -0.506. The van der Waals surface area contributed by atoms with Crippen LogP contribution < -0.4 is 5.32 Å². The minimum Gasteiger partial charge on any atom is -0.389 e. The third kappa shape index (κ3) is 3.15. The highest BCUT2D eigenvalue weighted by Crippen LogP contribution is 2.36. The molecule has 1 aliphatic carbocycles. The van der Waals surface area contributed by atoms with Gasteiger partial charge in [-0.15, -0.1) is 0 Å². The maximum absolute atomic E-state index is 10.9. The van der Waals surface area contributed by atoms with Crippen molar-refractivity contribution in [2.75, 3.05) is 13.2 Å². The van der Waals surface area contributed by atoms with Crippen molar-refractivity contribution in [2.24, 2.45) is 5.92 Å². The highest BCUT2D eigenvalue weighted by atomic mass is 35.5. The Balaban J connectivity index is 1.45. The lowest BCUT2D eigenvalue weighted by Gasteiger charge is -2.39. The van der Waals surface area contributed by atoms with Crippen LogP contribution in [0, 0.1) is 5.92 Å². The number of aromatic nitrogens is 2. The molecule has 0 amide bonds. The van der Waals surface area contributed by atoms with Crippen LogP contribution in [0.4, 0.5) is 0 Å². The topological polar surface area (TPSA) is 68.5 Å².